The second-order valence-corrected chi connectivity index (χ2v) is 7.54. The second kappa shape index (κ2) is 7.56. The SMILES string of the molecule is CC#CC(O)(c1cncnc1)C(C)(C)Sc1ccc(OC(F)(F)F)cc1. The topological polar surface area (TPSA) is 55.2 Å². The molecule has 4 nitrogen and oxygen atoms in total. The largest absolute Gasteiger partial charge is 0.573 e. The number of aromatic nitrogens is 2. The molecule has 0 aliphatic carbocycles. The van der Waals surface area contributed by atoms with E-state index in [-0.39, 0.29) is 5.75 Å². The maximum atomic E-state index is 12.3. The lowest BCUT2D eigenvalue weighted by Crippen LogP contribution is -2.44. The molecule has 138 valence electrons. The predicted molar refractivity (Wildman–Crippen MR) is 92.4 cm³/mol. The Hall–Kier alpha value is -2.24. The van der Waals surface area contributed by atoms with Crippen molar-refractivity contribution in [3.63, 3.8) is 0 Å². The van der Waals surface area contributed by atoms with E-state index < -0.39 is 16.7 Å². The van der Waals surface area contributed by atoms with Gasteiger partial charge in [-0.15, -0.1) is 30.9 Å². The van der Waals surface area contributed by atoms with Gasteiger partial charge in [0.1, 0.15) is 12.1 Å². The van der Waals surface area contributed by atoms with Gasteiger partial charge < -0.3 is 9.84 Å². The summed E-state index contributed by atoms with van der Waals surface area (Å²) in [5.74, 6) is 5.22. The van der Waals surface area contributed by atoms with E-state index in [1.54, 1.807) is 20.8 Å². The molecule has 0 amide bonds. The molecule has 1 N–H and O–H groups in total. The Bertz CT molecular complexity index is 799. The highest BCUT2D eigenvalue weighted by Crippen LogP contribution is 2.45. The molecule has 0 fully saturated rings. The number of alkyl halides is 3. The molecule has 8 heteroatoms. The first kappa shape index (κ1) is 20.1. The fourth-order valence-electron chi connectivity index (χ4n) is 2.31. The third kappa shape index (κ3) is 4.68. The molecule has 0 aliphatic heterocycles. The number of hydrogen-bond acceptors (Lipinski definition) is 5. The van der Waals surface area contributed by atoms with Crippen LogP contribution in [0.25, 0.3) is 0 Å². The highest BCUT2D eigenvalue weighted by Gasteiger charge is 2.45. The van der Waals surface area contributed by atoms with Crippen LogP contribution in [-0.2, 0) is 5.60 Å². The zero-order chi connectivity index (χ0) is 19.4. The lowest BCUT2D eigenvalue weighted by molar-refractivity contribution is -0.274. The van der Waals surface area contributed by atoms with Crippen LogP contribution in [0.3, 0.4) is 0 Å². The molecule has 26 heavy (non-hydrogen) atoms. The van der Waals surface area contributed by atoms with Gasteiger partial charge in [0.25, 0.3) is 0 Å². The van der Waals surface area contributed by atoms with E-state index in [0.717, 1.165) is 0 Å². The van der Waals surface area contributed by atoms with Crippen molar-refractivity contribution in [3.05, 3.63) is 48.5 Å². The Morgan fingerprint density at radius 3 is 2.15 bits per heavy atom. The molecule has 1 heterocycles. The van der Waals surface area contributed by atoms with Gasteiger partial charge >= 0.3 is 6.36 Å². The summed E-state index contributed by atoms with van der Waals surface area (Å²) in [5, 5.41) is 11.2. The van der Waals surface area contributed by atoms with Gasteiger partial charge in [0.05, 0.1) is 4.75 Å². The van der Waals surface area contributed by atoms with Crippen molar-refractivity contribution < 1.29 is 23.0 Å². The number of thioether (sulfide) groups is 1. The minimum Gasteiger partial charge on any atom is -0.406 e. The number of benzene rings is 1. The van der Waals surface area contributed by atoms with Crippen molar-refractivity contribution in [1.82, 2.24) is 9.97 Å². The van der Waals surface area contributed by atoms with E-state index in [2.05, 4.69) is 26.5 Å². The maximum absolute atomic E-state index is 12.3. The first-order valence-electron chi connectivity index (χ1n) is 7.54. The minimum atomic E-state index is -4.74. The first-order valence-corrected chi connectivity index (χ1v) is 8.36. The molecule has 1 atom stereocenters. The third-order valence-electron chi connectivity index (χ3n) is 3.59. The van der Waals surface area contributed by atoms with Gasteiger partial charge in [-0.3, -0.25) is 0 Å². The molecular formula is C18H17F3N2O2S. The normalized spacial score (nSPS) is 14.1. The second-order valence-electron chi connectivity index (χ2n) is 5.84. The zero-order valence-electron chi connectivity index (χ0n) is 14.3. The van der Waals surface area contributed by atoms with Crippen LogP contribution >= 0.6 is 11.8 Å². The molecular weight excluding hydrogens is 365 g/mol. The fourth-order valence-corrected chi connectivity index (χ4v) is 3.49. The lowest BCUT2D eigenvalue weighted by Gasteiger charge is -2.38. The van der Waals surface area contributed by atoms with Gasteiger partial charge in [-0.05, 0) is 45.0 Å². The van der Waals surface area contributed by atoms with E-state index in [1.807, 2.05) is 0 Å². The molecule has 0 aliphatic rings. The standard InChI is InChI=1S/C18H17F3N2O2S/c1-4-9-17(24,13-10-22-12-23-11-13)16(2,3)26-15-7-5-14(6-8-15)25-18(19,20)21/h5-8,10-12,24H,1-3H3. The Labute approximate surface area is 153 Å². The zero-order valence-corrected chi connectivity index (χ0v) is 15.1. The molecule has 0 saturated carbocycles. The summed E-state index contributed by atoms with van der Waals surface area (Å²) in [6, 6.07) is 5.44. The predicted octanol–water partition coefficient (Wildman–Crippen LogP) is 4.16. The summed E-state index contributed by atoms with van der Waals surface area (Å²) in [6.07, 6.45) is -0.416. The first-order chi connectivity index (χ1) is 12.1. The number of nitrogens with zero attached hydrogens (tertiary/aromatic N) is 2. The van der Waals surface area contributed by atoms with E-state index >= 15 is 0 Å². The van der Waals surface area contributed by atoms with Gasteiger partial charge in [0.15, 0.2) is 5.60 Å². The molecule has 0 bridgehead atoms. The summed E-state index contributed by atoms with van der Waals surface area (Å²) in [5.41, 5.74) is -1.13. The van der Waals surface area contributed by atoms with Crippen LogP contribution in [0.15, 0.2) is 47.9 Å². The summed E-state index contributed by atoms with van der Waals surface area (Å²) in [4.78, 5) is 8.51. The van der Waals surface area contributed by atoms with E-state index in [1.165, 1.54) is 54.7 Å². The number of ether oxygens (including phenoxy) is 1. The average molecular weight is 382 g/mol. The Kier molecular flexibility index (Phi) is 5.84. The number of aliphatic hydroxyl groups is 1. The van der Waals surface area contributed by atoms with Crippen LogP contribution in [0.2, 0.25) is 0 Å². The van der Waals surface area contributed by atoms with Crippen LogP contribution in [0.4, 0.5) is 13.2 Å². The van der Waals surface area contributed by atoms with Crippen LogP contribution < -0.4 is 4.74 Å². The maximum Gasteiger partial charge on any atom is 0.573 e. The summed E-state index contributed by atoms with van der Waals surface area (Å²) >= 11 is 1.27. The van der Waals surface area contributed by atoms with Crippen molar-refractivity contribution in [2.24, 2.45) is 0 Å². The van der Waals surface area contributed by atoms with Gasteiger partial charge in [-0.25, -0.2) is 9.97 Å². The fraction of sp³-hybridized carbons (Fsp3) is 0.333. The highest BCUT2D eigenvalue weighted by molar-refractivity contribution is 8.00. The number of halogens is 3. The smallest absolute Gasteiger partial charge is 0.406 e. The Morgan fingerprint density at radius 1 is 1.08 bits per heavy atom. The molecule has 0 saturated heterocycles. The Balaban J connectivity index is 2.29. The van der Waals surface area contributed by atoms with E-state index in [9.17, 15) is 18.3 Å². The quantitative estimate of drug-likeness (QED) is 0.622. The molecule has 1 unspecified atom stereocenters. The van der Waals surface area contributed by atoms with Crippen molar-refractivity contribution in [1.29, 1.82) is 0 Å². The molecule has 0 radical (unpaired) electrons. The highest BCUT2D eigenvalue weighted by atomic mass is 32.2. The molecule has 0 spiro atoms. The molecule has 2 rings (SSSR count). The van der Waals surface area contributed by atoms with Gasteiger partial charge in [-0.2, -0.15) is 0 Å². The lowest BCUT2D eigenvalue weighted by atomic mass is 9.84. The average Bonchev–Trinajstić information content (AvgIpc) is 2.56. The molecule has 2 aromatic rings. The van der Waals surface area contributed by atoms with Crippen LogP contribution in [0, 0.1) is 11.8 Å². The monoisotopic (exact) mass is 382 g/mol. The van der Waals surface area contributed by atoms with Crippen LogP contribution in [0.5, 0.6) is 5.75 Å². The van der Waals surface area contributed by atoms with Crippen LogP contribution in [-0.4, -0.2) is 26.2 Å². The molecule has 1 aromatic carbocycles. The summed E-state index contributed by atoms with van der Waals surface area (Å²) in [7, 11) is 0. The van der Waals surface area contributed by atoms with E-state index in [4.69, 9.17) is 0 Å². The van der Waals surface area contributed by atoms with Crippen LogP contribution in [0.1, 0.15) is 26.3 Å². The number of hydrogen-bond donors (Lipinski definition) is 1. The van der Waals surface area contributed by atoms with Gasteiger partial charge in [0.2, 0.25) is 0 Å². The van der Waals surface area contributed by atoms with Gasteiger partial charge in [-0.1, -0.05) is 5.92 Å². The van der Waals surface area contributed by atoms with Gasteiger partial charge in [0, 0.05) is 22.9 Å². The third-order valence-corrected chi connectivity index (χ3v) is 4.90. The van der Waals surface area contributed by atoms with E-state index in [0.29, 0.717) is 10.5 Å². The number of rotatable bonds is 5. The Morgan fingerprint density at radius 2 is 1.65 bits per heavy atom. The van der Waals surface area contributed by atoms with Crippen molar-refractivity contribution in [2.45, 2.75) is 42.4 Å². The van der Waals surface area contributed by atoms with Crippen molar-refractivity contribution in [2.75, 3.05) is 0 Å². The van der Waals surface area contributed by atoms with Crippen molar-refractivity contribution in [3.8, 4) is 17.6 Å². The summed E-state index contributed by atoms with van der Waals surface area (Å²) < 4.78 is 39.8. The minimum absolute atomic E-state index is 0.306. The summed E-state index contributed by atoms with van der Waals surface area (Å²) in [6.45, 7) is 5.18. The van der Waals surface area contributed by atoms with Crippen molar-refractivity contribution >= 4 is 11.8 Å². The molecule has 1 aromatic heterocycles.